The molecule has 2 N–H and O–H groups in total. The molecule has 1 aliphatic rings. The maximum absolute atomic E-state index is 13.2. The summed E-state index contributed by atoms with van der Waals surface area (Å²) in [5, 5.41) is 6.26. The van der Waals surface area contributed by atoms with Gasteiger partial charge >= 0.3 is 0 Å². The van der Waals surface area contributed by atoms with Crippen LogP contribution in [0.3, 0.4) is 0 Å². The number of carbonyl (C=O) groups is 2. The first-order chi connectivity index (χ1) is 14.5. The summed E-state index contributed by atoms with van der Waals surface area (Å²) in [6.07, 6.45) is 0. The number of ketones is 2. The minimum atomic E-state index is -0.431. The Labute approximate surface area is 176 Å². The number of carbonyl (C=O) groups excluding carboxylic acids is 2. The van der Waals surface area contributed by atoms with Gasteiger partial charge in [0.2, 0.25) is 11.6 Å². The highest BCUT2D eigenvalue weighted by atomic mass is 16.5. The van der Waals surface area contributed by atoms with Crippen molar-refractivity contribution in [1.29, 1.82) is 0 Å². The minimum absolute atomic E-state index is 0.0358. The molecule has 3 rings (SSSR count). The van der Waals surface area contributed by atoms with Crippen LogP contribution in [0.1, 0.15) is 37.1 Å². The standard InChI is InChI=1S/C24H26N2O4/c1-15(17-11-7-5-8-12-17)25-19-21(27)24(30-4)20(22(28)23(19)29-3)26-16(2)18-13-9-6-10-14-18/h5-16,25-26H,1-4H3. The summed E-state index contributed by atoms with van der Waals surface area (Å²) in [4.78, 5) is 26.4. The molecule has 0 aromatic heterocycles. The lowest BCUT2D eigenvalue weighted by molar-refractivity contribution is -0.121. The molecule has 0 saturated heterocycles. The van der Waals surface area contributed by atoms with Crippen molar-refractivity contribution >= 4 is 11.6 Å². The zero-order chi connectivity index (χ0) is 21.7. The number of nitrogens with one attached hydrogen (secondary N) is 2. The normalized spacial score (nSPS) is 16.3. The van der Waals surface area contributed by atoms with Gasteiger partial charge in [0.25, 0.3) is 0 Å². The lowest BCUT2D eigenvalue weighted by Crippen LogP contribution is -2.38. The van der Waals surface area contributed by atoms with Crippen molar-refractivity contribution in [2.24, 2.45) is 0 Å². The second-order valence-electron chi connectivity index (χ2n) is 7.03. The van der Waals surface area contributed by atoms with Crippen molar-refractivity contribution in [2.45, 2.75) is 25.9 Å². The molecule has 1 aliphatic carbocycles. The van der Waals surface area contributed by atoms with Gasteiger partial charge in [-0.2, -0.15) is 0 Å². The summed E-state index contributed by atoms with van der Waals surface area (Å²) in [5.41, 5.74) is 2.14. The monoisotopic (exact) mass is 406 g/mol. The third-order valence-electron chi connectivity index (χ3n) is 5.05. The molecule has 0 aliphatic heterocycles. The summed E-state index contributed by atoms with van der Waals surface area (Å²) >= 11 is 0. The maximum atomic E-state index is 13.2. The van der Waals surface area contributed by atoms with Crippen molar-refractivity contribution in [3.8, 4) is 0 Å². The first kappa shape index (κ1) is 21.2. The van der Waals surface area contributed by atoms with Gasteiger partial charge in [-0.05, 0) is 25.0 Å². The van der Waals surface area contributed by atoms with E-state index >= 15 is 0 Å². The average molecular weight is 406 g/mol. The average Bonchev–Trinajstić information content (AvgIpc) is 2.78. The fraction of sp³-hybridized carbons (Fsp3) is 0.250. The molecule has 6 nitrogen and oxygen atoms in total. The van der Waals surface area contributed by atoms with Crippen molar-refractivity contribution < 1.29 is 19.1 Å². The van der Waals surface area contributed by atoms with Crippen LogP contribution in [0.25, 0.3) is 0 Å². The molecule has 2 aromatic carbocycles. The van der Waals surface area contributed by atoms with Gasteiger partial charge < -0.3 is 20.1 Å². The first-order valence-electron chi connectivity index (χ1n) is 9.76. The molecule has 0 saturated carbocycles. The van der Waals surface area contributed by atoms with Crippen LogP contribution >= 0.6 is 0 Å². The van der Waals surface area contributed by atoms with Gasteiger partial charge in [-0.3, -0.25) is 9.59 Å². The largest absolute Gasteiger partial charge is 0.491 e. The Kier molecular flexibility index (Phi) is 6.57. The molecule has 6 heteroatoms. The Balaban J connectivity index is 1.91. The lowest BCUT2D eigenvalue weighted by Gasteiger charge is -2.27. The summed E-state index contributed by atoms with van der Waals surface area (Å²) in [5.74, 6) is -0.934. The molecule has 0 spiro atoms. The summed E-state index contributed by atoms with van der Waals surface area (Å²) in [7, 11) is 2.76. The van der Waals surface area contributed by atoms with E-state index < -0.39 is 11.6 Å². The lowest BCUT2D eigenvalue weighted by atomic mass is 9.98. The number of methoxy groups -OCH3 is 2. The summed E-state index contributed by atoms with van der Waals surface area (Å²) in [6, 6.07) is 18.9. The van der Waals surface area contributed by atoms with E-state index in [4.69, 9.17) is 9.47 Å². The zero-order valence-corrected chi connectivity index (χ0v) is 17.6. The van der Waals surface area contributed by atoms with Gasteiger partial charge in [-0.1, -0.05) is 60.7 Å². The Bertz CT molecular complexity index is 899. The van der Waals surface area contributed by atoms with E-state index in [2.05, 4.69) is 10.6 Å². The predicted molar refractivity (Wildman–Crippen MR) is 114 cm³/mol. The first-order valence-corrected chi connectivity index (χ1v) is 9.76. The summed E-state index contributed by atoms with van der Waals surface area (Å²) < 4.78 is 10.7. The Morgan fingerprint density at radius 1 is 0.633 bits per heavy atom. The molecule has 156 valence electrons. The highest BCUT2D eigenvalue weighted by Gasteiger charge is 2.38. The Hall–Kier alpha value is -3.54. The van der Waals surface area contributed by atoms with Gasteiger partial charge in [0, 0.05) is 12.1 Å². The Morgan fingerprint density at radius 2 is 0.967 bits per heavy atom. The molecule has 0 radical (unpaired) electrons. The van der Waals surface area contributed by atoms with Crippen LogP contribution in [0.5, 0.6) is 0 Å². The van der Waals surface area contributed by atoms with Crippen molar-refractivity contribution in [3.63, 3.8) is 0 Å². The molecule has 0 fully saturated rings. The molecule has 2 atom stereocenters. The fourth-order valence-electron chi connectivity index (χ4n) is 3.40. The van der Waals surface area contributed by atoms with Crippen LogP contribution in [-0.2, 0) is 19.1 Å². The highest BCUT2D eigenvalue weighted by Crippen LogP contribution is 2.27. The molecule has 30 heavy (non-hydrogen) atoms. The molecule has 2 unspecified atom stereocenters. The Morgan fingerprint density at radius 3 is 1.27 bits per heavy atom. The second kappa shape index (κ2) is 9.31. The van der Waals surface area contributed by atoms with Crippen LogP contribution in [-0.4, -0.2) is 25.8 Å². The van der Waals surface area contributed by atoms with Crippen LogP contribution < -0.4 is 10.6 Å². The molecular formula is C24H26N2O4. The van der Waals surface area contributed by atoms with Crippen molar-refractivity contribution in [3.05, 3.63) is 94.7 Å². The van der Waals surface area contributed by atoms with Gasteiger partial charge in [0.1, 0.15) is 11.4 Å². The highest BCUT2D eigenvalue weighted by molar-refractivity contribution is 6.23. The van der Waals surface area contributed by atoms with Gasteiger partial charge in [0.15, 0.2) is 11.5 Å². The third-order valence-corrected chi connectivity index (χ3v) is 5.05. The van der Waals surface area contributed by atoms with E-state index in [9.17, 15) is 9.59 Å². The van der Waals surface area contributed by atoms with E-state index in [1.54, 1.807) is 0 Å². The van der Waals surface area contributed by atoms with E-state index in [-0.39, 0.29) is 35.0 Å². The summed E-state index contributed by atoms with van der Waals surface area (Å²) in [6.45, 7) is 3.82. The predicted octanol–water partition coefficient (Wildman–Crippen LogP) is 3.56. The zero-order valence-electron chi connectivity index (χ0n) is 17.6. The van der Waals surface area contributed by atoms with Crippen LogP contribution in [0.2, 0.25) is 0 Å². The van der Waals surface area contributed by atoms with Gasteiger partial charge in [0.05, 0.1) is 14.2 Å². The molecular weight excluding hydrogens is 380 g/mol. The molecule has 0 heterocycles. The minimum Gasteiger partial charge on any atom is -0.491 e. The number of hydrogen-bond acceptors (Lipinski definition) is 6. The van der Waals surface area contributed by atoms with E-state index in [1.165, 1.54) is 14.2 Å². The quantitative estimate of drug-likeness (QED) is 0.653. The number of benzene rings is 2. The topological polar surface area (TPSA) is 76.7 Å². The van der Waals surface area contributed by atoms with Gasteiger partial charge in [-0.15, -0.1) is 0 Å². The van der Waals surface area contributed by atoms with Gasteiger partial charge in [-0.25, -0.2) is 0 Å². The number of hydrogen-bond donors (Lipinski definition) is 2. The van der Waals surface area contributed by atoms with Crippen LogP contribution in [0, 0.1) is 0 Å². The number of ether oxygens (including phenoxy) is 2. The van der Waals surface area contributed by atoms with E-state index in [0.29, 0.717) is 0 Å². The van der Waals surface area contributed by atoms with E-state index in [0.717, 1.165) is 11.1 Å². The molecule has 0 bridgehead atoms. The molecule has 0 amide bonds. The van der Waals surface area contributed by atoms with Crippen LogP contribution in [0.4, 0.5) is 0 Å². The smallest absolute Gasteiger partial charge is 0.249 e. The SMILES string of the molecule is COC1=C(NC(C)c2ccccc2)C(=O)C(OC)=C(NC(C)c2ccccc2)C1=O. The third kappa shape index (κ3) is 4.22. The van der Waals surface area contributed by atoms with Crippen molar-refractivity contribution in [1.82, 2.24) is 10.6 Å². The van der Waals surface area contributed by atoms with Crippen molar-refractivity contribution in [2.75, 3.05) is 14.2 Å². The maximum Gasteiger partial charge on any atom is 0.249 e. The molecule has 2 aromatic rings. The second-order valence-corrected chi connectivity index (χ2v) is 7.03. The number of rotatable bonds is 8. The van der Waals surface area contributed by atoms with E-state index in [1.807, 2.05) is 74.5 Å². The van der Waals surface area contributed by atoms with Crippen LogP contribution in [0.15, 0.2) is 83.6 Å². The fourth-order valence-corrected chi connectivity index (χ4v) is 3.40. The number of Topliss-reactive ketones (excluding diaryl/α,β-unsaturated/α-hetero) is 2.